The molecule has 0 aromatic rings. The van der Waals surface area contributed by atoms with Gasteiger partial charge in [0.2, 0.25) is 0 Å². The Bertz CT molecular complexity index is 192. The van der Waals surface area contributed by atoms with Crippen LogP contribution in [-0.4, -0.2) is 63.6 Å². The van der Waals surface area contributed by atoms with Crippen molar-refractivity contribution in [1.82, 2.24) is 0 Å². The van der Waals surface area contributed by atoms with E-state index in [4.69, 9.17) is 9.47 Å². The molecular weight excluding hydrogens is 210 g/mol. The van der Waals surface area contributed by atoms with Crippen LogP contribution in [0, 0.1) is 0 Å². The first-order valence-electron chi connectivity index (χ1n) is 5.72. The molecule has 0 aromatic carbocycles. The van der Waals surface area contributed by atoms with E-state index < -0.39 is 5.97 Å². The number of nitrogens with zero attached hydrogens (tertiary/aromatic N) is 1. The first kappa shape index (κ1) is 15.3. The summed E-state index contributed by atoms with van der Waals surface area (Å²) in [6.07, 6.45) is 0. The lowest BCUT2D eigenvalue weighted by Gasteiger charge is -2.36. The summed E-state index contributed by atoms with van der Waals surface area (Å²) in [5, 5.41) is 10.2. The van der Waals surface area contributed by atoms with Crippen molar-refractivity contribution in [3.63, 3.8) is 0 Å². The summed E-state index contributed by atoms with van der Waals surface area (Å²) >= 11 is 0. The number of ether oxygens (including phenoxy) is 2. The number of aliphatic carboxylic acids is 1. The number of quaternary nitrogens is 1. The molecule has 0 radical (unpaired) electrons. The Morgan fingerprint density at radius 1 is 1.19 bits per heavy atom. The van der Waals surface area contributed by atoms with Crippen molar-refractivity contribution >= 4 is 5.97 Å². The van der Waals surface area contributed by atoms with E-state index in [-0.39, 0.29) is 6.61 Å². The second-order valence-corrected chi connectivity index (χ2v) is 3.84. The van der Waals surface area contributed by atoms with Crippen molar-refractivity contribution in [2.24, 2.45) is 0 Å². The summed E-state index contributed by atoms with van der Waals surface area (Å²) in [5.74, 6) is -1.16. The highest BCUT2D eigenvalue weighted by Crippen LogP contribution is 2.05. The van der Waals surface area contributed by atoms with E-state index in [0.29, 0.717) is 13.2 Å². The maximum Gasteiger partial charge on any atom is 0.102 e. The maximum absolute atomic E-state index is 10.2. The first-order valence-corrected chi connectivity index (χ1v) is 5.72. The Labute approximate surface area is 97.5 Å². The number of carbonyl (C=O) groups is 1. The van der Waals surface area contributed by atoms with Gasteiger partial charge < -0.3 is 23.9 Å². The molecule has 0 fully saturated rings. The van der Waals surface area contributed by atoms with Gasteiger partial charge in [-0.25, -0.2) is 0 Å². The minimum atomic E-state index is -1.16. The summed E-state index contributed by atoms with van der Waals surface area (Å²) in [6, 6.07) is 0. The molecule has 0 bridgehead atoms. The largest absolute Gasteiger partial charge is 0.548 e. The lowest BCUT2D eigenvalue weighted by molar-refractivity contribution is -0.925. The molecule has 0 atom stereocenters. The summed E-state index contributed by atoms with van der Waals surface area (Å²) < 4.78 is 11.0. The average molecular weight is 233 g/mol. The fourth-order valence-corrected chi connectivity index (χ4v) is 1.67. The van der Waals surface area contributed by atoms with E-state index in [2.05, 4.69) is 13.8 Å². The molecule has 5 nitrogen and oxygen atoms in total. The van der Waals surface area contributed by atoms with Crippen molar-refractivity contribution in [2.45, 2.75) is 13.8 Å². The third-order valence-electron chi connectivity index (χ3n) is 3.04. The van der Waals surface area contributed by atoms with Gasteiger partial charge in [-0.1, -0.05) is 0 Å². The van der Waals surface area contributed by atoms with Gasteiger partial charge in [-0.2, -0.15) is 0 Å². The van der Waals surface area contributed by atoms with Crippen molar-refractivity contribution in [3.8, 4) is 0 Å². The Morgan fingerprint density at radius 2 is 1.75 bits per heavy atom. The number of carbonyl (C=O) groups excluding carboxylic acids is 1. The Kier molecular flexibility index (Phi) is 8.15. The van der Waals surface area contributed by atoms with Crippen LogP contribution in [0.2, 0.25) is 0 Å². The van der Waals surface area contributed by atoms with E-state index in [1.165, 1.54) is 0 Å². The molecule has 5 heteroatoms. The van der Waals surface area contributed by atoms with Gasteiger partial charge in [-0.15, -0.1) is 0 Å². The van der Waals surface area contributed by atoms with Crippen LogP contribution in [0.5, 0.6) is 0 Å². The van der Waals surface area contributed by atoms with Crippen LogP contribution in [0.15, 0.2) is 0 Å². The molecule has 0 N–H and O–H groups in total. The minimum Gasteiger partial charge on any atom is -0.548 e. The van der Waals surface area contributed by atoms with E-state index >= 15 is 0 Å². The Hall–Kier alpha value is -0.650. The number of carboxylic acids is 1. The fourth-order valence-electron chi connectivity index (χ4n) is 1.67. The van der Waals surface area contributed by atoms with Crippen molar-refractivity contribution in [1.29, 1.82) is 0 Å². The molecule has 0 unspecified atom stereocenters. The van der Waals surface area contributed by atoms with Gasteiger partial charge in [0.15, 0.2) is 0 Å². The zero-order valence-corrected chi connectivity index (χ0v) is 10.5. The zero-order valence-electron chi connectivity index (χ0n) is 10.5. The molecule has 96 valence electrons. The maximum atomic E-state index is 10.2. The first-order chi connectivity index (χ1) is 7.60. The molecule has 0 aliphatic carbocycles. The van der Waals surface area contributed by atoms with Gasteiger partial charge in [0, 0.05) is 7.11 Å². The molecule has 0 amide bonds. The fraction of sp³-hybridized carbons (Fsp3) is 0.909. The standard InChI is InChI=1S/C11H23NO4/c1-4-12(5-2,6-8-15-3)7-9-16-10-11(13)14/h4-10H2,1-3H3. The van der Waals surface area contributed by atoms with Crippen molar-refractivity contribution in [2.75, 3.05) is 53.1 Å². The highest BCUT2D eigenvalue weighted by Gasteiger charge is 2.22. The second-order valence-electron chi connectivity index (χ2n) is 3.84. The van der Waals surface area contributed by atoms with Gasteiger partial charge in [0.1, 0.15) is 13.1 Å². The van der Waals surface area contributed by atoms with Gasteiger partial charge in [-0.05, 0) is 13.8 Å². The highest BCUT2D eigenvalue weighted by molar-refractivity contribution is 5.65. The van der Waals surface area contributed by atoms with Crippen LogP contribution in [0.1, 0.15) is 13.8 Å². The minimum absolute atomic E-state index is 0.322. The van der Waals surface area contributed by atoms with Gasteiger partial charge in [0.05, 0.1) is 38.9 Å². The van der Waals surface area contributed by atoms with Crippen LogP contribution in [0.25, 0.3) is 0 Å². The molecule has 0 spiro atoms. The summed E-state index contributed by atoms with van der Waals surface area (Å²) in [6.45, 7) is 8.81. The van der Waals surface area contributed by atoms with Crippen LogP contribution < -0.4 is 5.11 Å². The topological polar surface area (TPSA) is 58.6 Å². The molecule has 0 rings (SSSR count). The summed E-state index contributed by atoms with van der Waals surface area (Å²) in [4.78, 5) is 10.2. The number of carboxylic acid groups (broad SMARTS) is 1. The Balaban J connectivity index is 3.95. The van der Waals surface area contributed by atoms with Gasteiger partial charge in [-0.3, -0.25) is 0 Å². The van der Waals surface area contributed by atoms with Crippen LogP contribution in [0.3, 0.4) is 0 Å². The van der Waals surface area contributed by atoms with Crippen molar-refractivity contribution < 1.29 is 23.9 Å². The van der Waals surface area contributed by atoms with E-state index in [1.54, 1.807) is 7.11 Å². The Morgan fingerprint density at radius 3 is 2.19 bits per heavy atom. The number of likely N-dealkylation sites (N-methyl/N-ethyl adjacent to an activating group) is 1. The number of hydrogen-bond donors (Lipinski definition) is 0. The van der Waals surface area contributed by atoms with E-state index in [0.717, 1.165) is 30.7 Å². The zero-order chi connectivity index (χ0) is 12.4. The van der Waals surface area contributed by atoms with Gasteiger partial charge >= 0.3 is 0 Å². The summed E-state index contributed by atoms with van der Waals surface area (Å²) in [5.41, 5.74) is 0. The average Bonchev–Trinajstić information content (AvgIpc) is 2.29. The van der Waals surface area contributed by atoms with E-state index in [1.807, 2.05) is 0 Å². The molecular formula is C11H23NO4. The molecule has 0 heterocycles. The predicted octanol–water partition coefficient (Wildman–Crippen LogP) is -0.744. The van der Waals surface area contributed by atoms with E-state index in [9.17, 15) is 9.90 Å². The normalized spacial score (nSPS) is 11.7. The molecule has 0 aliphatic rings. The number of hydrogen-bond acceptors (Lipinski definition) is 4. The van der Waals surface area contributed by atoms with Crippen LogP contribution in [-0.2, 0) is 14.3 Å². The lowest BCUT2D eigenvalue weighted by atomic mass is 10.3. The van der Waals surface area contributed by atoms with Crippen LogP contribution >= 0.6 is 0 Å². The lowest BCUT2D eigenvalue weighted by Crippen LogP contribution is -2.51. The molecule has 0 saturated carbocycles. The van der Waals surface area contributed by atoms with Gasteiger partial charge in [0.25, 0.3) is 0 Å². The molecule has 0 aliphatic heterocycles. The smallest absolute Gasteiger partial charge is 0.102 e. The highest BCUT2D eigenvalue weighted by atomic mass is 16.5. The quantitative estimate of drug-likeness (QED) is 0.368. The third kappa shape index (κ3) is 6.05. The molecule has 0 saturated heterocycles. The monoisotopic (exact) mass is 233 g/mol. The predicted molar refractivity (Wildman–Crippen MR) is 58.8 cm³/mol. The number of methoxy groups -OCH3 is 1. The molecule has 16 heavy (non-hydrogen) atoms. The van der Waals surface area contributed by atoms with Crippen molar-refractivity contribution in [3.05, 3.63) is 0 Å². The number of rotatable bonds is 10. The summed E-state index contributed by atoms with van der Waals surface area (Å²) in [7, 11) is 1.69. The second kappa shape index (κ2) is 8.50. The molecule has 0 aromatic heterocycles. The SMILES string of the molecule is CC[N+](CC)(CCOC)CCOCC(=O)[O-]. The van der Waals surface area contributed by atoms with Crippen LogP contribution in [0.4, 0.5) is 0 Å². The third-order valence-corrected chi connectivity index (χ3v) is 3.04.